The Balaban J connectivity index is 0.534. The van der Waals surface area contributed by atoms with Gasteiger partial charge in [0.15, 0.2) is 11.5 Å². The van der Waals surface area contributed by atoms with Crippen LogP contribution in [0.5, 0.6) is 11.5 Å². The normalized spacial score (nSPS) is 19.1. The van der Waals surface area contributed by atoms with Crippen LogP contribution in [0, 0.1) is 11.8 Å². The van der Waals surface area contributed by atoms with Crippen LogP contribution in [0.15, 0.2) is 78.9 Å². The zero-order valence-electron chi connectivity index (χ0n) is 61.9. The predicted molar refractivity (Wildman–Crippen MR) is 406 cm³/mol. The van der Waals surface area contributed by atoms with Gasteiger partial charge in [-0.1, -0.05) is 216 Å². The Bertz CT molecular complexity index is 3220. The van der Waals surface area contributed by atoms with Crippen LogP contribution >= 0.6 is 11.6 Å². The number of piperazine rings is 1. The van der Waals surface area contributed by atoms with Crippen molar-refractivity contribution in [3.63, 3.8) is 0 Å². The highest BCUT2D eigenvalue weighted by atomic mass is 35.5. The molecule has 17 heteroatoms. The molecule has 101 heavy (non-hydrogen) atoms. The highest BCUT2D eigenvalue weighted by molar-refractivity contribution is 6.30. The molecular formula is C84H122ClN7O9. The molecule has 6 amide bonds. The summed E-state index contributed by atoms with van der Waals surface area (Å²) in [4.78, 5) is 92.3. The van der Waals surface area contributed by atoms with E-state index in [-0.39, 0.29) is 48.4 Å². The molecule has 0 aromatic heterocycles. The average Bonchev–Trinajstić information content (AvgIpc) is 1.53. The number of benzene rings is 4. The zero-order chi connectivity index (χ0) is 71.1. The van der Waals surface area contributed by atoms with E-state index in [0.29, 0.717) is 59.0 Å². The minimum atomic E-state index is -1.00. The average molecular weight is 1410 g/mol. The van der Waals surface area contributed by atoms with Gasteiger partial charge in [-0.15, -0.1) is 0 Å². The van der Waals surface area contributed by atoms with Gasteiger partial charge in [0.25, 0.3) is 11.8 Å². The van der Waals surface area contributed by atoms with E-state index in [1.807, 2.05) is 55.1 Å². The second-order valence-electron chi connectivity index (χ2n) is 30.1. The van der Waals surface area contributed by atoms with Gasteiger partial charge in [0.1, 0.15) is 6.04 Å². The summed E-state index contributed by atoms with van der Waals surface area (Å²) in [6, 6.07) is 24.5. The molecule has 1 saturated carbocycles. The highest BCUT2D eigenvalue weighted by Gasteiger charge is 2.46. The van der Waals surface area contributed by atoms with Crippen molar-refractivity contribution in [2.24, 2.45) is 11.8 Å². The van der Waals surface area contributed by atoms with Crippen molar-refractivity contribution in [1.82, 2.24) is 25.3 Å². The van der Waals surface area contributed by atoms with Gasteiger partial charge >= 0.3 is 0 Å². The fraction of sp³-hybridized carbons (Fsp3) is 0.643. The van der Waals surface area contributed by atoms with Crippen LogP contribution in [0.4, 0.5) is 11.4 Å². The van der Waals surface area contributed by atoms with E-state index in [4.69, 9.17) is 25.9 Å². The number of imide groups is 2. The van der Waals surface area contributed by atoms with Gasteiger partial charge in [0.2, 0.25) is 23.6 Å². The number of unbranched alkanes of at least 4 members (excludes halogenated alkanes) is 25. The Hall–Kier alpha value is -6.33. The third kappa shape index (κ3) is 24.1. The zero-order valence-corrected chi connectivity index (χ0v) is 62.7. The third-order valence-corrected chi connectivity index (χ3v) is 22.3. The molecule has 3 atom stereocenters. The first kappa shape index (κ1) is 78.8. The van der Waals surface area contributed by atoms with Gasteiger partial charge in [-0.2, -0.15) is 0 Å². The van der Waals surface area contributed by atoms with Gasteiger partial charge in [-0.25, -0.2) is 0 Å². The molecule has 3 fully saturated rings. The fourth-order valence-corrected chi connectivity index (χ4v) is 16.3. The number of nitrogens with one attached hydrogen (secondary N) is 3. The van der Waals surface area contributed by atoms with Gasteiger partial charge in [0.05, 0.1) is 49.1 Å². The maximum absolute atomic E-state index is 14.1. The molecule has 0 radical (unpaired) electrons. The van der Waals surface area contributed by atoms with Crippen molar-refractivity contribution < 1.29 is 43.1 Å². The summed E-state index contributed by atoms with van der Waals surface area (Å²) in [7, 11) is 1.64. The number of methoxy groups -OCH3 is 1. The summed E-state index contributed by atoms with van der Waals surface area (Å²) in [5, 5.41) is 6.67. The van der Waals surface area contributed by atoms with Crippen LogP contribution in [0.3, 0.4) is 0 Å². The number of ether oxygens (including phenoxy) is 2. The number of hydrogen-bond acceptors (Lipinski definition) is 12. The van der Waals surface area contributed by atoms with E-state index >= 15 is 0 Å². The lowest BCUT2D eigenvalue weighted by Gasteiger charge is -2.42. The van der Waals surface area contributed by atoms with Gasteiger partial charge in [-0.05, 0) is 154 Å². The van der Waals surface area contributed by atoms with Crippen molar-refractivity contribution in [1.29, 1.82) is 0 Å². The lowest BCUT2D eigenvalue weighted by molar-refractivity contribution is -0.136. The quantitative estimate of drug-likeness (QED) is 0.0217. The third-order valence-electron chi connectivity index (χ3n) is 22.1. The molecule has 554 valence electrons. The maximum atomic E-state index is 14.1. The molecule has 2 saturated heterocycles. The summed E-state index contributed by atoms with van der Waals surface area (Å²) in [6.07, 6.45) is 43.2. The molecule has 1 aliphatic carbocycles. The molecule has 3 N–H and O–H groups in total. The predicted octanol–water partition coefficient (Wildman–Crippen LogP) is 18.4. The molecule has 16 nitrogen and oxygen atoms in total. The molecule has 4 aromatic rings. The minimum Gasteiger partial charge on any atom is -0.493 e. The second kappa shape index (κ2) is 42.4. The number of amides is 6. The lowest BCUT2D eigenvalue weighted by atomic mass is 9.85. The molecule has 4 aliphatic heterocycles. The van der Waals surface area contributed by atoms with Crippen LogP contribution in [-0.4, -0.2) is 115 Å². The smallest absolute Gasteiger partial charge is 0.264 e. The van der Waals surface area contributed by atoms with E-state index in [1.54, 1.807) is 25.3 Å². The molecule has 9 rings (SSSR count). The van der Waals surface area contributed by atoms with E-state index in [2.05, 4.69) is 57.1 Å². The summed E-state index contributed by atoms with van der Waals surface area (Å²) in [6.45, 7) is 12.3. The van der Waals surface area contributed by atoms with E-state index in [1.165, 1.54) is 198 Å². The Morgan fingerprint density at radius 1 is 0.634 bits per heavy atom. The minimum absolute atomic E-state index is 0.0282. The van der Waals surface area contributed by atoms with Crippen LogP contribution in [-0.2, 0) is 37.0 Å². The number of nitrogens with zero attached hydrogens (tertiary/aromatic N) is 4. The molecule has 0 spiro atoms. The number of carbonyl (C=O) groups excluding carboxylic acids is 6. The summed E-state index contributed by atoms with van der Waals surface area (Å²) < 4.78 is 11.9. The SMILES string of the molecule is CCCCCCCCC(CCCCCCCCCCCCCCCCCCCCCCCC(=O)N1CCN(C2CCC(CNCc3ccc(N4C(=O)Cc5cc(OC)c(OC(C)C)cc5[C@@H]4c4ccc(Cl)cc4)cc3)CC2)CC1)CONc1cccc2c1C(=O)N(C1CCC(=O)NC1=O)C2=O. The Morgan fingerprint density at radius 2 is 1.22 bits per heavy atom. The van der Waals surface area contributed by atoms with Crippen molar-refractivity contribution in [3.8, 4) is 11.5 Å². The number of anilines is 2. The Kier molecular flexibility index (Phi) is 33.1. The summed E-state index contributed by atoms with van der Waals surface area (Å²) in [5.74, 6) is 0.676. The summed E-state index contributed by atoms with van der Waals surface area (Å²) in [5.41, 5.74) is 8.87. The number of halogens is 1. The Morgan fingerprint density at radius 3 is 1.79 bits per heavy atom. The van der Waals surface area contributed by atoms with Gasteiger partial charge in [0, 0.05) is 62.3 Å². The summed E-state index contributed by atoms with van der Waals surface area (Å²) >= 11 is 6.35. The second-order valence-corrected chi connectivity index (χ2v) is 30.6. The van der Waals surface area contributed by atoms with E-state index in [9.17, 15) is 28.8 Å². The monoisotopic (exact) mass is 1410 g/mol. The number of rotatable bonds is 46. The molecule has 0 bridgehead atoms. The van der Waals surface area contributed by atoms with Gasteiger partial charge < -0.3 is 24.6 Å². The van der Waals surface area contributed by atoms with Crippen LogP contribution < -0.4 is 30.5 Å². The fourth-order valence-electron chi connectivity index (χ4n) is 16.2. The molecule has 5 aliphatic rings. The van der Waals surface area contributed by atoms with E-state index in [0.717, 1.165) is 85.8 Å². The number of hydrogen-bond donors (Lipinski definition) is 3. The first-order valence-electron chi connectivity index (χ1n) is 39.8. The first-order chi connectivity index (χ1) is 49.3. The number of piperidine rings is 1. The van der Waals surface area contributed by atoms with E-state index < -0.39 is 29.7 Å². The Labute approximate surface area is 610 Å². The van der Waals surface area contributed by atoms with Crippen molar-refractivity contribution in [3.05, 3.63) is 117 Å². The van der Waals surface area contributed by atoms with Crippen LogP contribution in [0.25, 0.3) is 0 Å². The lowest BCUT2D eigenvalue weighted by Crippen LogP contribution is -2.54. The van der Waals surface area contributed by atoms with Crippen molar-refractivity contribution >= 4 is 58.4 Å². The van der Waals surface area contributed by atoms with Crippen molar-refractivity contribution in [2.45, 2.75) is 289 Å². The molecular weight excluding hydrogens is 1290 g/mol. The topological polar surface area (TPSA) is 179 Å². The molecule has 2 unspecified atom stereocenters. The number of carbonyl (C=O) groups is 6. The maximum Gasteiger partial charge on any atom is 0.264 e. The van der Waals surface area contributed by atoms with Crippen LogP contribution in [0.1, 0.15) is 301 Å². The van der Waals surface area contributed by atoms with Crippen molar-refractivity contribution in [2.75, 3.05) is 56.8 Å². The first-order valence-corrected chi connectivity index (χ1v) is 40.2. The molecule has 4 heterocycles. The number of fused-ring (bicyclic) bond motifs is 2. The van der Waals surface area contributed by atoms with Crippen LogP contribution in [0.2, 0.25) is 5.02 Å². The van der Waals surface area contributed by atoms with Gasteiger partial charge in [-0.3, -0.25) is 54.2 Å². The standard InChI is InChI=1S/C84H122ClN7O9/c1-5-6-7-8-26-29-33-65(61-100-88-73-36-32-35-71-80(73)84(98)92(83(71)97)74-50-51-77(93)87-82(74)96)34-30-27-24-22-20-18-16-14-12-10-9-11-13-15-17-19-21-23-25-28-31-37-78(94)90-54-52-89(53-55-90)69-46-38-63(39-47-69)59-86-60-64-40-48-70(49-41-64)91-79(95)57-67-56-75(99-4)76(101-62(2)3)58-72(67)81(91)66-42-44-68(85)45-43-66/h32,35-36,40-45,48-49,56,58,62-63,65,69,74,81,86,88H,5-31,33-34,37-39,46-47,50-55,57,59-61H2,1-4H3,(H,87,93,96)/t63?,65?,69?,74?,81-/m0/s1. The largest absolute Gasteiger partial charge is 0.493 e. The highest BCUT2D eigenvalue weighted by Crippen LogP contribution is 2.44. The molecule has 4 aromatic carbocycles.